The van der Waals surface area contributed by atoms with Gasteiger partial charge in [-0.05, 0) is 50.9 Å². The number of hydrogen-bond donors (Lipinski definition) is 1. The Balaban J connectivity index is 2.21. The highest BCUT2D eigenvalue weighted by molar-refractivity contribution is 9.11. The summed E-state index contributed by atoms with van der Waals surface area (Å²) in [5.41, 5.74) is 1.12. The molecule has 5 nitrogen and oxygen atoms in total. The highest BCUT2D eigenvalue weighted by atomic mass is 79.9. The van der Waals surface area contributed by atoms with Crippen LogP contribution in [-0.2, 0) is 0 Å². The number of carbonyl (C=O) groups excluding carboxylic acids is 1. The van der Waals surface area contributed by atoms with Crippen molar-refractivity contribution in [1.29, 1.82) is 0 Å². The lowest BCUT2D eigenvalue weighted by atomic mass is 10.3. The lowest BCUT2D eigenvalue weighted by molar-refractivity contribution is 0.102. The quantitative estimate of drug-likeness (QED) is 0.881. The van der Waals surface area contributed by atoms with E-state index in [0.717, 1.165) is 5.69 Å². The average Bonchev–Trinajstić information content (AvgIpc) is 2.32. The highest BCUT2D eigenvalue weighted by Crippen LogP contribution is 2.19. The first-order valence-corrected chi connectivity index (χ1v) is 6.58. The van der Waals surface area contributed by atoms with Crippen LogP contribution < -0.4 is 5.32 Å². The van der Waals surface area contributed by atoms with Crippen molar-refractivity contribution < 1.29 is 4.79 Å². The van der Waals surface area contributed by atoms with Gasteiger partial charge in [0.1, 0.15) is 14.9 Å². The molecule has 0 atom stereocenters. The molecule has 92 valence electrons. The number of amides is 1. The fraction of sp³-hybridized carbons (Fsp3) is 0.0909. The standard InChI is InChI=1S/C11H8Br2N4O/c1-6-3-2-4-7(15-6)11(18)17-10-9(13)16-8(12)5-14-10/h2-5H,1H3,(H,14,17,18). The van der Waals surface area contributed by atoms with Gasteiger partial charge in [0, 0.05) is 5.69 Å². The number of carbonyl (C=O) groups is 1. The molecule has 0 aliphatic rings. The summed E-state index contributed by atoms with van der Waals surface area (Å²) in [7, 11) is 0. The molecule has 0 aliphatic heterocycles. The molecule has 2 aromatic rings. The van der Waals surface area contributed by atoms with Crippen molar-refractivity contribution in [2.75, 3.05) is 5.32 Å². The van der Waals surface area contributed by atoms with Crippen LogP contribution in [0.15, 0.2) is 33.6 Å². The maximum atomic E-state index is 11.9. The van der Waals surface area contributed by atoms with Gasteiger partial charge in [-0.3, -0.25) is 4.79 Å². The molecule has 0 fully saturated rings. The lowest BCUT2D eigenvalue weighted by Crippen LogP contribution is -2.15. The molecule has 18 heavy (non-hydrogen) atoms. The summed E-state index contributed by atoms with van der Waals surface area (Å²) in [5, 5.41) is 2.64. The van der Waals surface area contributed by atoms with Gasteiger partial charge in [0.2, 0.25) is 0 Å². The normalized spacial score (nSPS) is 10.2. The molecule has 2 aromatic heterocycles. The van der Waals surface area contributed by atoms with E-state index in [-0.39, 0.29) is 5.91 Å². The molecule has 0 radical (unpaired) electrons. The second kappa shape index (κ2) is 5.53. The van der Waals surface area contributed by atoms with Gasteiger partial charge in [-0.2, -0.15) is 0 Å². The van der Waals surface area contributed by atoms with E-state index in [2.05, 4.69) is 52.1 Å². The van der Waals surface area contributed by atoms with Crippen LogP contribution in [0.25, 0.3) is 0 Å². The second-order valence-electron chi connectivity index (χ2n) is 3.45. The average molecular weight is 372 g/mol. The summed E-state index contributed by atoms with van der Waals surface area (Å²) in [5.74, 6) is 0.0301. The molecule has 0 unspecified atom stereocenters. The molecule has 1 N–H and O–H groups in total. The Kier molecular flexibility index (Phi) is 4.03. The molecule has 0 spiro atoms. The molecule has 0 aromatic carbocycles. The van der Waals surface area contributed by atoms with Crippen LogP contribution in [0.3, 0.4) is 0 Å². The Morgan fingerprint density at radius 1 is 1.28 bits per heavy atom. The van der Waals surface area contributed by atoms with E-state index in [9.17, 15) is 4.79 Å². The van der Waals surface area contributed by atoms with Crippen molar-refractivity contribution in [3.63, 3.8) is 0 Å². The van der Waals surface area contributed by atoms with Crippen molar-refractivity contribution in [3.05, 3.63) is 45.0 Å². The van der Waals surface area contributed by atoms with Gasteiger partial charge in [0.15, 0.2) is 5.82 Å². The first-order valence-electron chi connectivity index (χ1n) is 4.99. The second-order valence-corrected chi connectivity index (χ2v) is 5.01. The number of hydrogen-bond acceptors (Lipinski definition) is 4. The van der Waals surface area contributed by atoms with Crippen LogP contribution in [-0.4, -0.2) is 20.9 Å². The Hall–Kier alpha value is -1.34. The molecule has 1 amide bonds. The molecule has 0 saturated carbocycles. The maximum Gasteiger partial charge on any atom is 0.275 e. The third-order valence-corrected chi connectivity index (χ3v) is 2.99. The summed E-state index contributed by atoms with van der Waals surface area (Å²) in [6.45, 7) is 1.83. The largest absolute Gasteiger partial charge is 0.303 e. The molecular formula is C11H8Br2N4O. The van der Waals surface area contributed by atoms with Gasteiger partial charge in [0.05, 0.1) is 6.20 Å². The number of aromatic nitrogens is 3. The van der Waals surface area contributed by atoms with Gasteiger partial charge in [-0.1, -0.05) is 6.07 Å². The summed E-state index contributed by atoms with van der Waals surface area (Å²) in [6.07, 6.45) is 1.50. The first kappa shape index (κ1) is 13.1. The third-order valence-electron chi connectivity index (χ3n) is 2.05. The number of aryl methyl sites for hydroxylation is 1. The summed E-state index contributed by atoms with van der Waals surface area (Å²) in [6, 6.07) is 5.24. The summed E-state index contributed by atoms with van der Waals surface area (Å²) < 4.78 is 1.04. The number of rotatable bonds is 2. The lowest BCUT2D eigenvalue weighted by Gasteiger charge is -2.05. The number of halogens is 2. The maximum absolute atomic E-state index is 11.9. The SMILES string of the molecule is Cc1cccc(C(=O)Nc2ncc(Br)nc2Br)n1. The van der Waals surface area contributed by atoms with Crippen molar-refractivity contribution >= 4 is 43.6 Å². The molecule has 2 rings (SSSR count). The Morgan fingerprint density at radius 2 is 2.06 bits per heavy atom. The predicted octanol–water partition coefficient (Wildman–Crippen LogP) is 2.96. The fourth-order valence-corrected chi connectivity index (χ4v) is 2.18. The Labute approximate surface area is 120 Å². The van der Waals surface area contributed by atoms with Gasteiger partial charge in [0.25, 0.3) is 5.91 Å². The molecule has 0 bridgehead atoms. The van der Waals surface area contributed by atoms with Gasteiger partial charge < -0.3 is 5.32 Å². The molecular weight excluding hydrogens is 364 g/mol. The van der Waals surface area contributed by atoms with Gasteiger partial charge in [-0.15, -0.1) is 0 Å². The summed E-state index contributed by atoms with van der Waals surface area (Å²) >= 11 is 6.41. The van der Waals surface area contributed by atoms with E-state index in [0.29, 0.717) is 20.7 Å². The number of anilines is 1. The number of nitrogens with one attached hydrogen (secondary N) is 1. The van der Waals surface area contributed by atoms with Gasteiger partial charge >= 0.3 is 0 Å². The molecule has 2 heterocycles. The van der Waals surface area contributed by atoms with E-state index < -0.39 is 0 Å². The fourth-order valence-electron chi connectivity index (χ4n) is 1.27. The Morgan fingerprint density at radius 3 is 2.72 bits per heavy atom. The van der Waals surface area contributed by atoms with Crippen LogP contribution in [0.4, 0.5) is 5.82 Å². The molecule has 7 heteroatoms. The van der Waals surface area contributed by atoms with Crippen molar-refractivity contribution in [2.45, 2.75) is 6.92 Å². The zero-order chi connectivity index (χ0) is 13.1. The van der Waals surface area contributed by atoms with E-state index in [4.69, 9.17) is 0 Å². The summed E-state index contributed by atoms with van der Waals surface area (Å²) in [4.78, 5) is 24.2. The Bertz CT molecular complexity index is 603. The predicted molar refractivity (Wildman–Crippen MR) is 74.4 cm³/mol. The van der Waals surface area contributed by atoms with Crippen LogP contribution in [0.1, 0.15) is 16.2 Å². The zero-order valence-corrected chi connectivity index (χ0v) is 12.5. The topological polar surface area (TPSA) is 67.8 Å². The van der Waals surface area contributed by atoms with Crippen LogP contribution in [0.5, 0.6) is 0 Å². The molecule has 0 saturated heterocycles. The zero-order valence-electron chi connectivity index (χ0n) is 9.32. The van der Waals surface area contributed by atoms with Crippen LogP contribution in [0.2, 0.25) is 0 Å². The molecule has 0 aliphatic carbocycles. The number of pyridine rings is 1. The van der Waals surface area contributed by atoms with Gasteiger partial charge in [-0.25, -0.2) is 15.0 Å². The van der Waals surface area contributed by atoms with E-state index in [1.54, 1.807) is 12.1 Å². The van der Waals surface area contributed by atoms with Crippen LogP contribution >= 0.6 is 31.9 Å². The highest BCUT2D eigenvalue weighted by Gasteiger charge is 2.11. The minimum absolute atomic E-state index is 0.323. The van der Waals surface area contributed by atoms with E-state index in [1.165, 1.54) is 6.20 Å². The van der Waals surface area contributed by atoms with E-state index >= 15 is 0 Å². The van der Waals surface area contributed by atoms with Crippen molar-refractivity contribution in [2.24, 2.45) is 0 Å². The van der Waals surface area contributed by atoms with Crippen molar-refractivity contribution in [1.82, 2.24) is 15.0 Å². The smallest absolute Gasteiger partial charge is 0.275 e. The first-order chi connectivity index (χ1) is 8.56. The minimum atomic E-state index is -0.323. The third kappa shape index (κ3) is 3.11. The number of nitrogens with zero attached hydrogens (tertiary/aromatic N) is 3. The van der Waals surface area contributed by atoms with Crippen LogP contribution in [0, 0.1) is 6.92 Å². The van der Waals surface area contributed by atoms with Crippen molar-refractivity contribution in [3.8, 4) is 0 Å². The van der Waals surface area contributed by atoms with E-state index in [1.807, 2.05) is 13.0 Å². The monoisotopic (exact) mass is 370 g/mol. The minimum Gasteiger partial charge on any atom is -0.303 e.